The minimum atomic E-state index is 0. The van der Waals surface area contributed by atoms with Gasteiger partial charge in [-0.25, -0.2) is 0 Å². The fourth-order valence-electron chi connectivity index (χ4n) is 3.32. The van der Waals surface area contributed by atoms with Crippen molar-refractivity contribution in [1.29, 1.82) is 0 Å². The first-order valence-electron chi connectivity index (χ1n) is 8.37. The Morgan fingerprint density at radius 3 is 1.46 bits per heavy atom. The van der Waals surface area contributed by atoms with Crippen LogP contribution in [-0.4, -0.2) is 13.1 Å². The summed E-state index contributed by atoms with van der Waals surface area (Å²) in [5.74, 6) is 0. The number of likely N-dealkylation sites (N-methyl/N-ethyl adjacent to an activating group) is 1. The second-order valence-corrected chi connectivity index (χ2v) is 5.91. The van der Waals surface area contributed by atoms with Crippen LogP contribution in [0.4, 0.5) is 11.4 Å². The summed E-state index contributed by atoms with van der Waals surface area (Å²) < 4.78 is 0.885. The molecule has 0 unspecified atom stereocenters. The van der Waals surface area contributed by atoms with Crippen LogP contribution < -0.4 is 21.5 Å². The molecular formula is C22H24BrN. The quantitative estimate of drug-likeness (QED) is 0.575. The Bertz CT molecular complexity index is 671. The lowest BCUT2D eigenvalue weighted by atomic mass is 10.1. The molecule has 0 amide bonds. The van der Waals surface area contributed by atoms with Gasteiger partial charge in [-0.3, -0.25) is 4.48 Å². The maximum atomic E-state index is 2.28. The Balaban J connectivity index is 0.00000208. The molecular weight excluding hydrogens is 358 g/mol. The van der Waals surface area contributed by atoms with Gasteiger partial charge in [0.05, 0.1) is 13.1 Å². The Morgan fingerprint density at radius 1 is 0.625 bits per heavy atom. The predicted octanol–water partition coefficient (Wildman–Crippen LogP) is 2.59. The van der Waals surface area contributed by atoms with Gasteiger partial charge in [-0.1, -0.05) is 66.7 Å². The topological polar surface area (TPSA) is 0 Å². The maximum absolute atomic E-state index is 2.28. The van der Waals surface area contributed by atoms with E-state index >= 15 is 0 Å². The van der Waals surface area contributed by atoms with Crippen molar-refractivity contribution in [1.82, 2.24) is 4.48 Å². The normalized spacial score (nSPS) is 10.9. The zero-order chi connectivity index (χ0) is 16.0. The van der Waals surface area contributed by atoms with E-state index in [9.17, 15) is 0 Å². The molecule has 0 bridgehead atoms. The SMILES string of the molecule is CC[N+](CCc1ccccc1)(c1ccccc1)c1ccccc1.[Br-]. The minimum Gasteiger partial charge on any atom is -1.00 e. The largest absolute Gasteiger partial charge is 1.00 e. The molecule has 1 nitrogen and oxygen atoms in total. The standard InChI is InChI=1S/C22H24N.BrH/c1-2-23(21-14-8-4-9-15-21,22-16-10-5-11-17-22)19-18-20-12-6-3-7-13-20;/h3-17H,2,18-19H2,1H3;1H/q+1;/p-1. The molecule has 0 aromatic heterocycles. The van der Waals surface area contributed by atoms with E-state index in [2.05, 4.69) is 97.9 Å². The molecule has 3 rings (SSSR count). The molecule has 0 radical (unpaired) electrons. The summed E-state index contributed by atoms with van der Waals surface area (Å²) in [5.41, 5.74) is 4.12. The molecule has 0 aliphatic carbocycles. The van der Waals surface area contributed by atoms with Crippen molar-refractivity contribution in [3.8, 4) is 0 Å². The number of hydrogen-bond acceptors (Lipinski definition) is 0. The summed E-state index contributed by atoms with van der Waals surface area (Å²) in [7, 11) is 0. The third kappa shape index (κ3) is 3.95. The van der Waals surface area contributed by atoms with Crippen LogP contribution in [0, 0.1) is 0 Å². The van der Waals surface area contributed by atoms with Gasteiger partial charge in [0.2, 0.25) is 0 Å². The molecule has 0 N–H and O–H groups in total. The van der Waals surface area contributed by atoms with Crippen molar-refractivity contribution >= 4 is 11.4 Å². The van der Waals surface area contributed by atoms with Crippen LogP contribution in [0.3, 0.4) is 0 Å². The van der Waals surface area contributed by atoms with Crippen LogP contribution in [-0.2, 0) is 6.42 Å². The summed E-state index contributed by atoms with van der Waals surface area (Å²) in [4.78, 5) is 0. The predicted molar refractivity (Wildman–Crippen MR) is 99.9 cm³/mol. The minimum absolute atomic E-state index is 0. The fourth-order valence-corrected chi connectivity index (χ4v) is 3.32. The van der Waals surface area contributed by atoms with Gasteiger partial charge in [0.1, 0.15) is 11.4 Å². The fraction of sp³-hybridized carbons (Fsp3) is 0.182. The van der Waals surface area contributed by atoms with E-state index in [-0.39, 0.29) is 17.0 Å². The molecule has 0 saturated heterocycles. The molecule has 124 valence electrons. The summed E-state index contributed by atoms with van der Waals surface area (Å²) in [6.07, 6.45) is 1.07. The number of hydrogen-bond donors (Lipinski definition) is 0. The summed E-state index contributed by atoms with van der Waals surface area (Å²) >= 11 is 0. The highest BCUT2D eigenvalue weighted by Crippen LogP contribution is 2.34. The highest BCUT2D eigenvalue weighted by molar-refractivity contribution is 5.58. The molecule has 0 aliphatic heterocycles. The molecule has 3 aromatic carbocycles. The number of nitrogens with zero attached hydrogens (tertiary/aromatic N) is 1. The average Bonchev–Trinajstić information content (AvgIpc) is 2.65. The second kappa shape index (κ2) is 8.81. The average molecular weight is 382 g/mol. The zero-order valence-electron chi connectivity index (χ0n) is 14.1. The molecule has 0 fully saturated rings. The van der Waals surface area contributed by atoms with Gasteiger partial charge in [0.15, 0.2) is 0 Å². The van der Waals surface area contributed by atoms with Crippen LogP contribution in [0.15, 0.2) is 91.0 Å². The highest BCUT2D eigenvalue weighted by atomic mass is 79.9. The molecule has 0 spiro atoms. The first-order valence-corrected chi connectivity index (χ1v) is 8.37. The summed E-state index contributed by atoms with van der Waals surface area (Å²) in [6.45, 7) is 4.39. The molecule has 0 heterocycles. The van der Waals surface area contributed by atoms with E-state index in [1.54, 1.807) is 0 Å². The molecule has 2 heteroatoms. The molecule has 0 atom stereocenters. The van der Waals surface area contributed by atoms with Crippen molar-refractivity contribution in [2.75, 3.05) is 13.1 Å². The van der Waals surface area contributed by atoms with Crippen LogP contribution in [0.5, 0.6) is 0 Å². The van der Waals surface area contributed by atoms with Gasteiger partial charge in [0, 0.05) is 6.42 Å². The summed E-state index contributed by atoms with van der Waals surface area (Å²) in [5, 5.41) is 0. The van der Waals surface area contributed by atoms with Gasteiger partial charge in [-0.05, 0) is 36.8 Å². The Hall–Kier alpha value is -1.90. The van der Waals surface area contributed by atoms with Gasteiger partial charge in [-0.15, -0.1) is 0 Å². The lowest BCUT2D eigenvalue weighted by Crippen LogP contribution is -3.00. The Morgan fingerprint density at radius 2 is 1.04 bits per heavy atom. The monoisotopic (exact) mass is 381 g/mol. The van der Waals surface area contributed by atoms with Gasteiger partial charge in [-0.2, -0.15) is 0 Å². The maximum Gasteiger partial charge on any atom is 0.137 e. The second-order valence-electron chi connectivity index (χ2n) is 5.91. The van der Waals surface area contributed by atoms with Crippen molar-refractivity contribution in [3.05, 3.63) is 96.6 Å². The van der Waals surface area contributed by atoms with Crippen molar-refractivity contribution in [3.63, 3.8) is 0 Å². The van der Waals surface area contributed by atoms with Crippen LogP contribution in [0.2, 0.25) is 0 Å². The zero-order valence-corrected chi connectivity index (χ0v) is 15.7. The Labute approximate surface area is 155 Å². The van der Waals surface area contributed by atoms with Gasteiger partial charge >= 0.3 is 0 Å². The lowest BCUT2D eigenvalue weighted by Gasteiger charge is -2.37. The van der Waals surface area contributed by atoms with Crippen LogP contribution in [0.25, 0.3) is 0 Å². The number of quaternary nitrogens is 1. The first kappa shape index (κ1) is 18.4. The van der Waals surface area contributed by atoms with Crippen LogP contribution in [0.1, 0.15) is 12.5 Å². The lowest BCUT2D eigenvalue weighted by molar-refractivity contribution is -0.00000460. The van der Waals surface area contributed by atoms with Crippen molar-refractivity contribution < 1.29 is 17.0 Å². The van der Waals surface area contributed by atoms with E-state index in [4.69, 9.17) is 0 Å². The third-order valence-electron chi connectivity index (χ3n) is 4.67. The van der Waals surface area contributed by atoms with Crippen LogP contribution >= 0.6 is 0 Å². The molecule has 0 saturated carbocycles. The van der Waals surface area contributed by atoms with E-state index in [0.29, 0.717) is 0 Å². The van der Waals surface area contributed by atoms with Crippen molar-refractivity contribution in [2.45, 2.75) is 13.3 Å². The number of benzene rings is 3. The van der Waals surface area contributed by atoms with Gasteiger partial charge in [0.25, 0.3) is 0 Å². The highest BCUT2D eigenvalue weighted by Gasteiger charge is 2.30. The van der Waals surface area contributed by atoms with Crippen molar-refractivity contribution in [2.24, 2.45) is 0 Å². The molecule has 3 aromatic rings. The van der Waals surface area contributed by atoms with E-state index in [1.165, 1.54) is 16.9 Å². The van der Waals surface area contributed by atoms with E-state index in [1.807, 2.05) is 0 Å². The third-order valence-corrected chi connectivity index (χ3v) is 4.67. The number of para-hydroxylation sites is 2. The van der Waals surface area contributed by atoms with Gasteiger partial charge < -0.3 is 17.0 Å². The smallest absolute Gasteiger partial charge is 0.137 e. The first-order chi connectivity index (χ1) is 11.3. The number of halogens is 1. The molecule has 24 heavy (non-hydrogen) atoms. The van der Waals surface area contributed by atoms with E-state index in [0.717, 1.165) is 24.0 Å². The summed E-state index contributed by atoms with van der Waals surface area (Å²) in [6, 6.07) is 32.5. The van der Waals surface area contributed by atoms with E-state index < -0.39 is 0 Å². The molecule has 0 aliphatic rings. The Kier molecular flexibility index (Phi) is 6.77. The number of rotatable bonds is 6.